The summed E-state index contributed by atoms with van der Waals surface area (Å²) in [5.41, 5.74) is 0.379. The number of rotatable bonds is 4. The molecule has 98 valence electrons. The van der Waals surface area contributed by atoms with Crippen LogP contribution in [0, 0.1) is 15.9 Å². The molecule has 0 atom stereocenters. The first-order chi connectivity index (χ1) is 9.13. The van der Waals surface area contributed by atoms with Gasteiger partial charge in [0.1, 0.15) is 5.75 Å². The first-order valence-corrected chi connectivity index (χ1v) is 6.50. The highest BCUT2D eigenvalue weighted by molar-refractivity contribution is 9.08. The third-order valence-corrected chi connectivity index (χ3v) is 3.08. The largest absolute Gasteiger partial charge is 0.447 e. The van der Waals surface area contributed by atoms with E-state index in [1.54, 1.807) is 24.3 Å². The van der Waals surface area contributed by atoms with Gasteiger partial charge in [0.05, 0.1) is 4.92 Å². The van der Waals surface area contributed by atoms with E-state index in [4.69, 9.17) is 4.74 Å². The lowest BCUT2D eigenvalue weighted by Gasteiger charge is -2.10. The van der Waals surface area contributed by atoms with Gasteiger partial charge in [-0.05, 0) is 12.1 Å². The highest BCUT2D eigenvalue weighted by Crippen LogP contribution is 2.35. The van der Waals surface area contributed by atoms with Gasteiger partial charge in [-0.1, -0.05) is 40.2 Å². The Balaban J connectivity index is 2.46. The van der Waals surface area contributed by atoms with Crippen LogP contribution in [0.4, 0.5) is 10.1 Å². The molecule has 0 aliphatic carbocycles. The number of hydrogen-bond acceptors (Lipinski definition) is 3. The topological polar surface area (TPSA) is 52.4 Å². The number of nitro groups is 1. The molecule has 0 saturated heterocycles. The van der Waals surface area contributed by atoms with Crippen LogP contribution in [0.1, 0.15) is 5.56 Å². The van der Waals surface area contributed by atoms with E-state index in [2.05, 4.69) is 15.9 Å². The summed E-state index contributed by atoms with van der Waals surface area (Å²) in [5.74, 6) is -0.757. The summed E-state index contributed by atoms with van der Waals surface area (Å²) in [4.78, 5) is 10.2. The maximum atomic E-state index is 13.7. The molecule has 0 aromatic heterocycles. The van der Waals surface area contributed by atoms with Crippen LogP contribution in [0.2, 0.25) is 0 Å². The van der Waals surface area contributed by atoms with Gasteiger partial charge in [-0.25, -0.2) is 4.39 Å². The van der Waals surface area contributed by atoms with Crippen molar-refractivity contribution in [2.75, 3.05) is 0 Å². The molecule has 0 unspecified atom stereocenters. The van der Waals surface area contributed by atoms with Crippen LogP contribution in [0.15, 0.2) is 42.5 Å². The fourth-order valence-corrected chi connectivity index (χ4v) is 2.03. The van der Waals surface area contributed by atoms with E-state index in [0.29, 0.717) is 11.1 Å². The number of benzene rings is 2. The van der Waals surface area contributed by atoms with Crippen molar-refractivity contribution in [3.05, 3.63) is 64.0 Å². The predicted octanol–water partition coefficient (Wildman–Crippen LogP) is 4.42. The zero-order valence-corrected chi connectivity index (χ0v) is 11.3. The Labute approximate surface area is 117 Å². The highest BCUT2D eigenvalue weighted by Gasteiger charge is 2.20. The fraction of sp³-hybridized carbons (Fsp3) is 0.0769. The summed E-state index contributed by atoms with van der Waals surface area (Å²) in [7, 11) is 0. The van der Waals surface area contributed by atoms with Gasteiger partial charge < -0.3 is 4.74 Å². The molecule has 0 radical (unpaired) electrons. The highest BCUT2D eigenvalue weighted by atomic mass is 79.9. The van der Waals surface area contributed by atoms with Crippen LogP contribution in [0.25, 0.3) is 0 Å². The van der Waals surface area contributed by atoms with E-state index in [9.17, 15) is 14.5 Å². The van der Waals surface area contributed by atoms with E-state index in [1.807, 2.05) is 0 Å². The molecule has 0 spiro atoms. The Morgan fingerprint density at radius 2 is 1.95 bits per heavy atom. The number of nitro benzene ring substituents is 1. The lowest BCUT2D eigenvalue weighted by Crippen LogP contribution is -1.97. The summed E-state index contributed by atoms with van der Waals surface area (Å²) in [6.07, 6.45) is 0. The lowest BCUT2D eigenvalue weighted by atomic mass is 10.2. The Kier molecular flexibility index (Phi) is 4.11. The maximum absolute atomic E-state index is 13.7. The molecule has 0 amide bonds. The first kappa shape index (κ1) is 13.5. The van der Waals surface area contributed by atoms with Gasteiger partial charge in [0, 0.05) is 17.0 Å². The Morgan fingerprint density at radius 3 is 2.63 bits per heavy atom. The molecule has 4 nitrogen and oxygen atoms in total. The van der Waals surface area contributed by atoms with Crippen LogP contribution < -0.4 is 4.74 Å². The minimum absolute atomic E-state index is 0.374. The lowest BCUT2D eigenvalue weighted by molar-refractivity contribution is -0.385. The number of nitrogens with zero attached hydrogens (tertiary/aromatic N) is 1. The zero-order chi connectivity index (χ0) is 13.8. The van der Waals surface area contributed by atoms with Crippen LogP contribution in [-0.2, 0) is 5.33 Å². The number of para-hydroxylation sites is 2. The van der Waals surface area contributed by atoms with Gasteiger partial charge in [0.15, 0.2) is 5.82 Å². The summed E-state index contributed by atoms with van der Waals surface area (Å²) >= 11 is 3.28. The molecule has 0 aliphatic rings. The molecule has 6 heteroatoms. The van der Waals surface area contributed by atoms with Crippen LogP contribution in [0.5, 0.6) is 11.5 Å². The van der Waals surface area contributed by atoms with Crippen molar-refractivity contribution in [2.24, 2.45) is 0 Å². The molecule has 19 heavy (non-hydrogen) atoms. The van der Waals surface area contributed by atoms with E-state index >= 15 is 0 Å². The van der Waals surface area contributed by atoms with Crippen molar-refractivity contribution in [2.45, 2.75) is 5.33 Å². The smallest absolute Gasteiger partial charge is 0.314 e. The average Bonchev–Trinajstić information content (AvgIpc) is 2.41. The van der Waals surface area contributed by atoms with Crippen LogP contribution in [-0.4, -0.2) is 4.92 Å². The summed E-state index contributed by atoms with van der Waals surface area (Å²) in [6, 6.07) is 10.5. The van der Waals surface area contributed by atoms with E-state index in [1.165, 1.54) is 12.1 Å². The van der Waals surface area contributed by atoms with Crippen molar-refractivity contribution in [1.29, 1.82) is 0 Å². The van der Waals surface area contributed by atoms with Crippen molar-refractivity contribution in [3.63, 3.8) is 0 Å². The molecular formula is C13H9BrFNO3. The van der Waals surface area contributed by atoms with Gasteiger partial charge in [-0.15, -0.1) is 0 Å². The van der Waals surface area contributed by atoms with Gasteiger partial charge in [-0.3, -0.25) is 10.1 Å². The summed E-state index contributed by atoms with van der Waals surface area (Å²) in [5, 5.41) is 11.4. The number of halogens is 2. The molecule has 0 aliphatic heterocycles. The monoisotopic (exact) mass is 325 g/mol. The molecule has 0 N–H and O–H groups in total. The standard InChI is InChI=1S/C13H9BrFNO3/c14-8-9-4-1-2-7-12(9)19-13-10(15)5-3-6-11(13)16(17)18/h1-7H,8H2. The maximum Gasteiger partial charge on any atom is 0.314 e. The number of hydrogen-bond donors (Lipinski definition) is 0. The van der Waals surface area contributed by atoms with E-state index in [0.717, 1.165) is 11.6 Å². The number of alkyl halides is 1. The molecule has 0 fully saturated rings. The van der Waals surface area contributed by atoms with Crippen molar-refractivity contribution < 1.29 is 14.1 Å². The fourth-order valence-electron chi connectivity index (χ4n) is 1.57. The van der Waals surface area contributed by atoms with E-state index in [-0.39, 0.29) is 5.75 Å². The normalized spacial score (nSPS) is 10.2. The SMILES string of the molecule is O=[N+]([O-])c1cccc(F)c1Oc1ccccc1CBr. The second kappa shape index (κ2) is 5.79. The van der Waals surface area contributed by atoms with Crippen molar-refractivity contribution in [1.82, 2.24) is 0 Å². The third kappa shape index (κ3) is 2.90. The van der Waals surface area contributed by atoms with Crippen molar-refractivity contribution in [3.8, 4) is 11.5 Å². The van der Waals surface area contributed by atoms with Gasteiger partial charge in [-0.2, -0.15) is 0 Å². The molecule has 2 aromatic rings. The molecular weight excluding hydrogens is 317 g/mol. The van der Waals surface area contributed by atoms with Crippen LogP contribution in [0.3, 0.4) is 0 Å². The van der Waals surface area contributed by atoms with Gasteiger partial charge in [0.2, 0.25) is 5.75 Å². The molecule has 2 aromatic carbocycles. The number of ether oxygens (including phenoxy) is 1. The Bertz CT molecular complexity index is 619. The van der Waals surface area contributed by atoms with Crippen LogP contribution >= 0.6 is 15.9 Å². The Morgan fingerprint density at radius 1 is 1.21 bits per heavy atom. The zero-order valence-electron chi connectivity index (χ0n) is 9.68. The van der Waals surface area contributed by atoms with Gasteiger partial charge >= 0.3 is 5.69 Å². The minimum atomic E-state index is -0.765. The summed E-state index contributed by atoms with van der Waals surface area (Å²) in [6.45, 7) is 0. The third-order valence-electron chi connectivity index (χ3n) is 2.47. The quantitative estimate of drug-likeness (QED) is 0.475. The van der Waals surface area contributed by atoms with Crippen molar-refractivity contribution >= 4 is 21.6 Å². The Hall–Kier alpha value is -1.95. The molecule has 0 saturated carbocycles. The minimum Gasteiger partial charge on any atom is -0.447 e. The summed E-state index contributed by atoms with van der Waals surface area (Å²) < 4.78 is 19.1. The second-order valence-corrected chi connectivity index (χ2v) is 4.25. The first-order valence-electron chi connectivity index (χ1n) is 5.38. The molecule has 0 bridgehead atoms. The molecule has 2 rings (SSSR count). The van der Waals surface area contributed by atoms with Gasteiger partial charge in [0.25, 0.3) is 0 Å². The van der Waals surface area contributed by atoms with E-state index < -0.39 is 16.4 Å². The average molecular weight is 326 g/mol. The predicted molar refractivity (Wildman–Crippen MR) is 72.2 cm³/mol. The second-order valence-electron chi connectivity index (χ2n) is 3.69. The molecule has 0 heterocycles.